The Kier molecular flexibility index (Phi) is 4.58. The fraction of sp³-hybridized carbons (Fsp3) is 0.0698. The van der Waals surface area contributed by atoms with Gasteiger partial charge in [-0.25, -0.2) is 0 Å². The van der Waals surface area contributed by atoms with Crippen molar-refractivity contribution in [2.45, 2.75) is 19.3 Å². The summed E-state index contributed by atoms with van der Waals surface area (Å²) in [5.41, 5.74) is 9.09. The molecule has 0 saturated carbocycles. The molecule has 1 heterocycles. The Morgan fingerprint density at radius 3 is 1.93 bits per heavy atom. The molecular formula is C43H29N. The number of hydrogen-bond donors (Lipinski definition) is 0. The lowest BCUT2D eigenvalue weighted by atomic mass is 9.78. The molecule has 9 aromatic rings. The molecule has 0 fully saturated rings. The SMILES string of the molecule is CC1(C)c2cc3c(cc2-c2ccc4c(c21)c1ccccc1c1ccc2ccccc2c14)c1ccccc1n3-c1ccccc1. The van der Waals surface area contributed by atoms with E-state index in [0.717, 1.165) is 0 Å². The smallest absolute Gasteiger partial charge is 0.0544 e. The third-order valence-corrected chi connectivity index (χ3v) is 10.3. The van der Waals surface area contributed by atoms with Gasteiger partial charge in [0.15, 0.2) is 0 Å². The quantitative estimate of drug-likeness (QED) is 0.176. The van der Waals surface area contributed by atoms with Crippen LogP contribution in [0.3, 0.4) is 0 Å². The van der Waals surface area contributed by atoms with E-state index in [2.05, 4.69) is 158 Å². The van der Waals surface area contributed by atoms with Gasteiger partial charge in [-0.3, -0.25) is 0 Å². The molecular weight excluding hydrogens is 530 g/mol. The van der Waals surface area contributed by atoms with Crippen molar-refractivity contribution in [1.29, 1.82) is 0 Å². The van der Waals surface area contributed by atoms with Crippen molar-refractivity contribution in [2.75, 3.05) is 0 Å². The minimum atomic E-state index is -0.183. The molecule has 44 heavy (non-hydrogen) atoms. The first-order valence-electron chi connectivity index (χ1n) is 15.5. The predicted octanol–water partition coefficient (Wildman–Crippen LogP) is 11.7. The predicted molar refractivity (Wildman–Crippen MR) is 188 cm³/mol. The molecule has 8 aromatic carbocycles. The van der Waals surface area contributed by atoms with E-state index in [-0.39, 0.29) is 5.41 Å². The summed E-state index contributed by atoms with van der Waals surface area (Å²) in [7, 11) is 0. The molecule has 0 bridgehead atoms. The highest BCUT2D eigenvalue weighted by atomic mass is 15.0. The van der Waals surface area contributed by atoms with E-state index in [1.165, 1.54) is 92.8 Å². The molecule has 1 nitrogen and oxygen atoms in total. The zero-order valence-electron chi connectivity index (χ0n) is 24.7. The van der Waals surface area contributed by atoms with Crippen LogP contribution in [0.4, 0.5) is 0 Å². The summed E-state index contributed by atoms with van der Waals surface area (Å²) in [4.78, 5) is 0. The molecule has 0 unspecified atom stereocenters. The van der Waals surface area contributed by atoms with Crippen LogP contribution in [0.25, 0.3) is 81.7 Å². The van der Waals surface area contributed by atoms with E-state index < -0.39 is 0 Å². The van der Waals surface area contributed by atoms with Crippen LogP contribution in [-0.2, 0) is 5.41 Å². The summed E-state index contributed by atoms with van der Waals surface area (Å²) in [5, 5.41) is 13.3. The maximum absolute atomic E-state index is 2.49. The second-order valence-electron chi connectivity index (χ2n) is 12.9. The van der Waals surface area contributed by atoms with Crippen molar-refractivity contribution >= 4 is 64.9 Å². The van der Waals surface area contributed by atoms with E-state index in [0.29, 0.717) is 0 Å². The van der Waals surface area contributed by atoms with Crippen molar-refractivity contribution in [3.63, 3.8) is 0 Å². The first-order valence-corrected chi connectivity index (χ1v) is 15.5. The summed E-state index contributed by atoms with van der Waals surface area (Å²) in [6, 6.07) is 51.9. The Hall–Kier alpha value is -5.40. The number of rotatable bonds is 1. The van der Waals surface area contributed by atoms with E-state index >= 15 is 0 Å². The molecule has 1 heteroatoms. The van der Waals surface area contributed by atoms with Crippen molar-refractivity contribution in [3.8, 4) is 16.8 Å². The Balaban J connectivity index is 1.38. The van der Waals surface area contributed by atoms with Crippen LogP contribution in [0.5, 0.6) is 0 Å². The molecule has 0 saturated heterocycles. The van der Waals surface area contributed by atoms with Gasteiger partial charge in [-0.2, -0.15) is 0 Å². The molecule has 1 aliphatic rings. The molecule has 10 rings (SSSR count). The van der Waals surface area contributed by atoms with Crippen molar-refractivity contribution < 1.29 is 0 Å². The Morgan fingerprint density at radius 1 is 0.432 bits per heavy atom. The lowest BCUT2D eigenvalue weighted by molar-refractivity contribution is 0.667. The van der Waals surface area contributed by atoms with Crippen LogP contribution in [0.15, 0.2) is 140 Å². The van der Waals surface area contributed by atoms with Gasteiger partial charge in [-0.1, -0.05) is 123 Å². The summed E-state index contributed by atoms with van der Waals surface area (Å²) in [6.07, 6.45) is 0. The fourth-order valence-electron chi connectivity index (χ4n) is 8.43. The summed E-state index contributed by atoms with van der Waals surface area (Å²) >= 11 is 0. The van der Waals surface area contributed by atoms with Gasteiger partial charge in [0.05, 0.1) is 11.0 Å². The van der Waals surface area contributed by atoms with Gasteiger partial charge in [0.2, 0.25) is 0 Å². The summed E-state index contributed by atoms with van der Waals surface area (Å²) in [6.45, 7) is 4.86. The standard InChI is InChI=1S/C43H29N/c1-43(2)37-25-39-36(30-17-10-11-19-38(30)44(39)27-13-4-3-5-14-27)24-35(37)33-22-23-34-40-28-15-7-6-12-26(28)20-21-32(40)29-16-8-9-18-31(29)41(34)42(33)43/h3-25H,1-2H3. The number of benzene rings is 8. The zero-order valence-corrected chi connectivity index (χ0v) is 24.7. The molecule has 1 aromatic heterocycles. The average molecular weight is 560 g/mol. The second kappa shape index (κ2) is 8.36. The molecule has 0 aliphatic heterocycles. The minimum absolute atomic E-state index is 0.183. The molecule has 0 atom stereocenters. The van der Waals surface area contributed by atoms with Crippen LogP contribution in [-0.4, -0.2) is 4.57 Å². The lowest BCUT2D eigenvalue weighted by Gasteiger charge is -2.25. The van der Waals surface area contributed by atoms with Crippen LogP contribution < -0.4 is 0 Å². The van der Waals surface area contributed by atoms with Gasteiger partial charge < -0.3 is 4.57 Å². The number of hydrogen-bond acceptors (Lipinski definition) is 0. The summed E-state index contributed by atoms with van der Waals surface area (Å²) in [5.74, 6) is 0. The maximum Gasteiger partial charge on any atom is 0.0544 e. The highest BCUT2D eigenvalue weighted by Crippen LogP contribution is 2.55. The number of nitrogens with zero attached hydrogens (tertiary/aromatic N) is 1. The highest BCUT2D eigenvalue weighted by Gasteiger charge is 2.38. The lowest BCUT2D eigenvalue weighted by Crippen LogP contribution is -2.16. The Labute approximate surface area is 255 Å². The summed E-state index contributed by atoms with van der Waals surface area (Å²) < 4.78 is 2.44. The van der Waals surface area contributed by atoms with Crippen LogP contribution in [0.1, 0.15) is 25.0 Å². The van der Waals surface area contributed by atoms with E-state index in [1.807, 2.05) is 0 Å². The van der Waals surface area contributed by atoms with E-state index in [1.54, 1.807) is 0 Å². The molecule has 206 valence electrons. The minimum Gasteiger partial charge on any atom is -0.309 e. The van der Waals surface area contributed by atoms with Gasteiger partial charge >= 0.3 is 0 Å². The first-order chi connectivity index (χ1) is 21.6. The zero-order chi connectivity index (χ0) is 29.2. The maximum atomic E-state index is 2.49. The molecule has 0 radical (unpaired) electrons. The molecule has 0 spiro atoms. The molecule has 0 N–H and O–H groups in total. The normalized spacial score (nSPS) is 13.9. The Bertz CT molecular complexity index is 2670. The van der Waals surface area contributed by atoms with Gasteiger partial charge in [-0.05, 0) is 95.7 Å². The average Bonchev–Trinajstić information content (AvgIpc) is 3.52. The van der Waals surface area contributed by atoms with Crippen molar-refractivity contribution in [2.24, 2.45) is 0 Å². The van der Waals surface area contributed by atoms with Gasteiger partial charge in [0.1, 0.15) is 0 Å². The van der Waals surface area contributed by atoms with Crippen LogP contribution >= 0.6 is 0 Å². The fourth-order valence-corrected chi connectivity index (χ4v) is 8.43. The monoisotopic (exact) mass is 559 g/mol. The third kappa shape index (κ3) is 2.94. The first kappa shape index (κ1) is 24.1. The van der Waals surface area contributed by atoms with Gasteiger partial charge in [-0.15, -0.1) is 0 Å². The number of aromatic nitrogens is 1. The molecule has 1 aliphatic carbocycles. The third-order valence-electron chi connectivity index (χ3n) is 10.3. The Morgan fingerprint density at radius 2 is 1.09 bits per heavy atom. The highest BCUT2D eigenvalue weighted by molar-refractivity contribution is 6.33. The molecule has 0 amide bonds. The van der Waals surface area contributed by atoms with Gasteiger partial charge in [0, 0.05) is 21.9 Å². The second-order valence-corrected chi connectivity index (χ2v) is 12.9. The van der Waals surface area contributed by atoms with Crippen LogP contribution in [0.2, 0.25) is 0 Å². The van der Waals surface area contributed by atoms with Crippen LogP contribution in [0, 0.1) is 0 Å². The topological polar surface area (TPSA) is 4.93 Å². The van der Waals surface area contributed by atoms with Gasteiger partial charge in [0.25, 0.3) is 0 Å². The van der Waals surface area contributed by atoms with E-state index in [4.69, 9.17) is 0 Å². The van der Waals surface area contributed by atoms with Crippen molar-refractivity contribution in [3.05, 3.63) is 151 Å². The number of fused-ring (bicyclic) bond motifs is 15. The largest absolute Gasteiger partial charge is 0.309 e. The van der Waals surface area contributed by atoms with Crippen molar-refractivity contribution in [1.82, 2.24) is 4.57 Å². The number of para-hydroxylation sites is 2. The van der Waals surface area contributed by atoms with E-state index in [9.17, 15) is 0 Å².